The van der Waals surface area contributed by atoms with E-state index in [2.05, 4.69) is 90.3 Å². The highest BCUT2D eigenvalue weighted by Crippen LogP contribution is 2.32. The molecular weight excluding hydrogens is 296 g/mol. The molecule has 2 aromatic carbocycles. The highest BCUT2D eigenvalue weighted by Gasteiger charge is 2.27. The monoisotopic (exact) mass is 318 g/mol. The van der Waals surface area contributed by atoms with E-state index in [0.717, 1.165) is 13.2 Å². The molecule has 1 atom stereocenters. The van der Waals surface area contributed by atoms with E-state index >= 15 is 0 Å². The summed E-state index contributed by atoms with van der Waals surface area (Å²) in [7, 11) is 0. The minimum atomic E-state index is -0.0144. The Labute approximate surface area is 143 Å². The Morgan fingerprint density at radius 1 is 0.833 bits per heavy atom. The molecule has 122 valence electrons. The maximum atomic E-state index is 6.02. The lowest BCUT2D eigenvalue weighted by Crippen LogP contribution is -2.22. The van der Waals surface area contributed by atoms with Gasteiger partial charge in [0, 0.05) is 35.9 Å². The van der Waals surface area contributed by atoms with Crippen LogP contribution in [0, 0.1) is 13.8 Å². The van der Waals surface area contributed by atoms with Gasteiger partial charge in [0.1, 0.15) is 0 Å². The van der Waals surface area contributed by atoms with Crippen molar-refractivity contribution in [1.29, 1.82) is 0 Å². The fraction of sp³-hybridized carbons (Fsp3) is 0.238. The lowest BCUT2D eigenvalue weighted by molar-refractivity contribution is 0.114. The second-order valence-electron chi connectivity index (χ2n) is 6.44. The summed E-state index contributed by atoms with van der Waals surface area (Å²) in [4.78, 5) is 2.33. The van der Waals surface area contributed by atoms with Gasteiger partial charge in [0.25, 0.3) is 0 Å². The average molecular weight is 318 g/mol. The fourth-order valence-electron chi connectivity index (χ4n) is 3.18. The van der Waals surface area contributed by atoms with Crippen LogP contribution >= 0.6 is 0 Å². The number of hydrogen-bond donors (Lipinski definition) is 0. The second-order valence-corrected chi connectivity index (χ2v) is 6.44. The molecule has 0 unspecified atom stereocenters. The molecule has 24 heavy (non-hydrogen) atoms. The number of aromatic nitrogens is 1. The number of nitrogens with zero attached hydrogens (tertiary/aromatic N) is 2. The summed E-state index contributed by atoms with van der Waals surface area (Å²) < 4.78 is 8.17. The molecule has 0 spiro atoms. The Morgan fingerprint density at radius 3 is 2.12 bits per heavy atom. The third kappa shape index (κ3) is 2.83. The molecule has 3 heteroatoms. The van der Waals surface area contributed by atoms with Gasteiger partial charge in [0.2, 0.25) is 0 Å². The first-order valence-electron chi connectivity index (χ1n) is 8.40. The molecule has 0 amide bonds. The van der Waals surface area contributed by atoms with Gasteiger partial charge in [-0.05, 0) is 44.2 Å². The minimum absolute atomic E-state index is 0.0144. The molecule has 1 aromatic heterocycles. The Bertz CT molecular complexity index is 818. The van der Waals surface area contributed by atoms with E-state index in [1.807, 2.05) is 0 Å². The van der Waals surface area contributed by atoms with E-state index in [-0.39, 0.29) is 6.23 Å². The molecule has 0 aliphatic carbocycles. The maximum absolute atomic E-state index is 6.02. The lowest BCUT2D eigenvalue weighted by atomic mass is 10.2. The molecule has 1 aliphatic heterocycles. The molecule has 1 fully saturated rings. The van der Waals surface area contributed by atoms with Crippen LogP contribution in [0.5, 0.6) is 0 Å². The van der Waals surface area contributed by atoms with Gasteiger partial charge in [-0.2, -0.15) is 0 Å². The zero-order valence-electron chi connectivity index (χ0n) is 14.1. The van der Waals surface area contributed by atoms with E-state index in [9.17, 15) is 0 Å². The van der Waals surface area contributed by atoms with Crippen LogP contribution in [0.3, 0.4) is 0 Å². The molecule has 3 aromatic rings. The van der Waals surface area contributed by atoms with Gasteiger partial charge in [-0.25, -0.2) is 0 Å². The largest absolute Gasteiger partial charge is 0.352 e. The van der Waals surface area contributed by atoms with Gasteiger partial charge < -0.3 is 14.2 Å². The van der Waals surface area contributed by atoms with Crippen molar-refractivity contribution in [3.63, 3.8) is 0 Å². The smallest absolute Gasteiger partial charge is 0.158 e. The van der Waals surface area contributed by atoms with E-state index in [1.165, 1.54) is 28.1 Å². The number of aryl methyl sites for hydroxylation is 2. The standard InChI is InChI=1S/C21H22N2O/c1-16-3-7-19(8-4-16)22-12-11-18(15-22)21-23(13-14-24-21)20-9-5-17(2)6-10-20/h3-12,15,21H,13-14H2,1-2H3/t21-/m0/s1. The van der Waals surface area contributed by atoms with E-state index in [0.29, 0.717) is 0 Å². The summed E-state index contributed by atoms with van der Waals surface area (Å²) in [5, 5.41) is 0. The summed E-state index contributed by atoms with van der Waals surface area (Å²) in [6.07, 6.45) is 4.26. The molecular formula is C21H22N2O. The molecule has 0 radical (unpaired) electrons. The van der Waals surface area contributed by atoms with Crippen LogP contribution in [0.2, 0.25) is 0 Å². The van der Waals surface area contributed by atoms with Crippen LogP contribution in [-0.4, -0.2) is 17.7 Å². The van der Waals surface area contributed by atoms with E-state index in [4.69, 9.17) is 4.74 Å². The molecule has 3 nitrogen and oxygen atoms in total. The van der Waals surface area contributed by atoms with Gasteiger partial charge in [0.15, 0.2) is 6.23 Å². The van der Waals surface area contributed by atoms with E-state index < -0.39 is 0 Å². The molecule has 0 bridgehead atoms. The zero-order chi connectivity index (χ0) is 16.5. The van der Waals surface area contributed by atoms with Crippen molar-refractivity contribution >= 4 is 5.69 Å². The van der Waals surface area contributed by atoms with Crippen molar-refractivity contribution in [1.82, 2.24) is 4.57 Å². The minimum Gasteiger partial charge on any atom is -0.352 e. The average Bonchev–Trinajstić information content (AvgIpc) is 3.25. The molecule has 0 N–H and O–H groups in total. The molecule has 4 rings (SSSR count). The SMILES string of the molecule is Cc1ccc(N2CCO[C@H]2c2ccn(-c3ccc(C)cc3)c2)cc1. The summed E-state index contributed by atoms with van der Waals surface area (Å²) in [6.45, 7) is 5.90. The fourth-order valence-corrected chi connectivity index (χ4v) is 3.18. The Kier molecular flexibility index (Phi) is 3.87. The third-order valence-corrected chi connectivity index (χ3v) is 4.59. The Morgan fingerprint density at radius 2 is 1.46 bits per heavy atom. The number of ether oxygens (including phenoxy) is 1. The van der Waals surface area contributed by atoms with Crippen molar-refractivity contribution < 1.29 is 4.74 Å². The van der Waals surface area contributed by atoms with Gasteiger partial charge in [-0.15, -0.1) is 0 Å². The Balaban J connectivity index is 1.61. The number of hydrogen-bond acceptors (Lipinski definition) is 2. The maximum Gasteiger partial charge on any atom is 0.158 e. The van der Waals surface area contributed by atoms with Gasteiger partial charge >= 0.3 is 0 Å². The first kappa shape index (κ1) is 15.0. The summed E-state index contributed by atoms with van der Waals surface area (Å²) >= 11 is 0. The molecule has 0 saturated carbocycles. The molecule has 1 aliphatic rings. The predicted molar refractivity (Wildman–Crippen MR) is 97.7 cm³/mol. The summed E-state index contributed by atoms with van der Waals surface area (Å²) in [5.74, 6) is 0. The first-order valence-corrected chi connectivity index (χ1v) is 8.40. The quantitative estimate of drug-likeness (QED) is 0.700. The van der Waals surface area contributed by atoms with Crippen molar-refractivity contribution in [2.45, 2.75) is 20.1 Å². The van der Waals surface area contributed by atoms with Crippen molar-refractivity contribution in [3.05, 3.63) is 83.7 Å². The third-order valence-electron chi connectivity index (χ3n) is 4.59. The van der Waals surface area contributed by atoms with Crippen LogP contribution in [0.4, 0.5) is 5.69 Å². The number of anilines is 1. The molecule has 1 saturated heterocycles. The molecule has 2 heterocycles. The highest BCUT2D eigenvalue weighted by molar-refractivity contribution is 5.50. The first-order chi connectivity index (χ1) is 11.7. The Hall–Kier alpha value is -2.52. The van der Waals surface area contributed by atoms with Crippen LogP contribution in [0.15, 0.2) is 67.0 Å². The van der Waals surface area contributed by atoms with Gasteiger partial charge in [-0.1, -0.05) is 35.4 Å². The normalized spacial score (nSPS) is 17.4. The lowest BCUT2D eigenvalue weighted by Gasteiger charge is -2.24. The van der Waals surface area contributed by atoms with Gasteiger partial charge in [0.05, 0.1) is 6.61 Å². The number of benzene rings is 2. The predicted octanol–water partition coefficient (Wildman–Crippen LogP) is 4.63. The van der Waals surface area contributed by atoms with Crippen molar-refractivity contribution in [2.24, 2.45) is 0 Å². The van der Waals surface area contributed by atoms with Crippen LogP contribution in [0.25, 0.3) is 5.69 Å². The van der Waals surface area contributed by atoms with Crippen molar-refractivity contribution in [2.75, 3.05) is 18.1 Å². The summed E-state index contributed by atoms with van der Waals surface area (Å²) in [5.41, 5.74) is 6.13. The van der Waals surface area contributed by atoms with Crippen LogP contribution in [0.1, 0.15) is 22.9 Å². The zero-order valence-corrected chi connectivity index (χ0v) is 14.1. The van der Waals surface area contributed by atoms with Crippen molar-refractivity contribution in [3.8, 4) is 5.69 Å². The number of rotatable bonds is 3. The highest BCUT2D eigenvalue weighted by atomic mass is 16.5. The van der Waals surface area contributed by atoms with Crippen LogP contribution < -0.4 is 4.90 Å². The van der Waals surface area contributed by atoms with E-state index in [1.54, 1.807) is 0 Å². The topological polar surface area (TPSA) is 17.4 Å². The van der Waals surface area contributed by atoms with Gasteiger partial charge in [-0.3, -0.25) is 0 Å². The second kappa shape index (κ2) is 6.17. The van der Waals surface area contributed by atoms with Crippen LogP contribution in [-0.2, 0) is 4.74 Å². The summed E-state index contributed by atoms with van der Waals surface area (Å²) in [6, 6.07) is 19.4.